The summed E-state index contributed by atoms with van der Waals surface area (Å²) in [4.78, 5) is 7.53. The van der Waals surface area contributed by atoms with E-state index in [-0.39, 0.29) is 23.9 Å². The van der Waals surface area contributed by atoms with Crippen molar-refractivity contribution in [3.63, 3.8) is 0 Å². The summed E-state index contributed by atoms with van der Waals surface area (Å²) in [6.07, 6.45) is 1.58. The maximum atomic E-state index is 15.5. The number of aromatic nitrogens is 1. The molecule has 0 amide bonds. The molecule has 0 radical (unpaired) electrons. The van der Waals surface area contributed by atoms with Crippen molar-refractivity contribution in [3.8, 4) is 11.5 Å². The Morgan fingerprint density at radius 2 is 1.84 bits per heavy atom. The molecule has 0 spiro atoms. The average Bonchev–Trinajstić information content (AvgIpc) is 3.34. The van der Waals surface area contributed by atoms with E-state index in [9.17, 15) is 9.50 Å². The Balaban J connectivity index is 1.48. The molecule has 1 aromatic heterocycles. The highest BCUT2D eigenvalue weighted by Gasteiger charge is 2.27. The molecule has 1 N–H and O–H groups in total. The monoisotopic (exact) mass is 536 g/mol. The number of pyridine rings is 1. The van der Waals surface area contributed by atoms with E-state index in [0.717, 1.165) is 59.0 Å². The number of hydrogen-bond donors (Lipinski definition) is 1. The number of likely N-dealkylation sites (tertiary alicyclic amines) is 1. The first-order valence-electron chi connectivity index (χ1n) is 13.1. The number of benzene rings is 2. The molecule has 2 aliphatic heterocycles. The van der Waals surface area contributed by atoms with E-state index >= 15 is 4.39 Å². The Bertz CT molecular complexity index is 1330. The van der Waals surface area contributed by atoms with Gasteiger partial charge in [0.2, 0.25) is 5.95 Å². The van der Waals surface area contributed by atoms with Crippen molar-refractivity contribution in [3.05, 3.63) is 82.9 Å². The van der Waals surface area contributed by atoms with Crippen LogP contribution >= 0.6 is 11.8 Å². The molecule has 0 bridgehead atoms. The molecule has 0 aliphatic carbocycles. The normalized spacial score (nSPS) is 18.1. The van der Waals surface area contributed by atoms with Gasteiger partial charge in [0.15, 0.2) is 0 Å². The average molecular weight is 537 g/mol. The van der Waals surface area contributed by atoms with Crippen molar-refractivity contribution in [2.75, 3.05) is 32.1 Å². The van der Waals surface area contributed by atoms with Crippen molar-refractivity contribution in [1.82, 2.24) is 9.88 Å². The molecule has 1 saturated heterocycles. The molecule has 7 heteroatoms. The number of fused-ring (bicyclic) bond motifs is 1. The van der Waals surface area contributed by atoms with Gasteiger partial charge < -0.3 is 9.84 Å². The number of hydrogen-bond acceptors (Lipinski definition) is 5. The van der Waals surface area contributed by atoms with Crippen LogP contribution in [0.25, 0.3) is 11.1 Å². The van der Waals surface area contributed by atoms with Crippen LogP contribution in [0.1, 0.15) is 56.0 Å². The first-order valence-corrected chi connectivity index (χ1v) is 14.1. The van der Waals surface area contributed by atoms with Gasteiger partial charge in [0.1, 0.15) is 17.6 Å². The number of aromatic hydroxyl groups is 1. The molecule has 1 fully saturated rings. The Morgan fingerprint density at radius 3 is 2.55 bits per heavy atom. The van der Waals surface area contributed by atoms with Crippen molar-refractivity contribution >= 4 is 22.9 Å². The second kappa shape index (κ2) is 11.1. The lowest BCUT2D eigenvalue weighted by atomic mass is 9.88. The van der Waals surface area contributed by atoms with Crippen LogP contribution < -0.4 is 4.74 Å². The highest BCUT2D eigenvalue weighted by Crippen LogP contribution is 2.46. The smallest absolute Gasteiger partial charge is 0.220 e. The fourth-order valence-electron chi connectivity index (χ4n) is 5.11. The molecule has 38 heavy (non-hydrogen) atoms. The third kappa shape index (κ3) is 5.74. The first kappa shape index (κ1) is 26.7. The number of phenols is 1. The lowest BCUT2D eigenvalue weighted by molar-refractivity contribution is 0.198. The molecular formula is C31H34F2N2O2S. The SMILES string of the molecule is CC(C)(C)c1ccc(C2=C(c3ccc(O[C@H]4CCN(CCCF)C4)cc3)c3ccc(O)cc3SC2)c(F)n1. The summed E-state index contributed by atoms with van der Waals surface area (Å²) < 4.78 is 34.2. The molecule has 2 aromatic carbocycles. The molecule has 3 aromatic rings. The van der Waals surface area contributed by atoms with Gasteiger partial charge in [-0.2, -0.15) is 4.39 Å². The van der Waals surface area contributed by atoms with Crippen LogP contribution in [0.3, 0.4) is 0 Å². The van der Waals surface area contributed by atoms with E-state index in [1.165, 1.54) is 0 Å². The molecule has 2 aliphatic rings. The molecule has 200 valence electrons. The van der Waals surface area contributed by atoms with E-state index in [2.05, 4.69) is 9.88 Å². The number of phenolic OH excluding ortho intramolecular Hbond substituents is 1. The number of halogens is 2. The summed E-state index contributed by atoms with van der Waals surface area (Å²) in [7, 11) is 0. The van der Waals surface area contributed by atoms with Crippen LogP contribution in [0.2, 0.25) is 0 Å². The maximum Gasteiger partial charge on any atom is 0.220 e. The minimum Gasteiger partial charge on any atom is -0.508 e. The van der Waals surface area contributed by atoms with Gasteiger partial charge in [0.05, 0.1) is 6.67 Å². The van der Waals surface area contributed by atoms with Crippen molar-refractivity contribution < 1.29 is 18.6 Å². The van der Waals surface area contributed by atoms with Crippen LogP contribution in [0.5, 0.6) is 11.5 Å². The zero-order valence-electron chi connectivity index (χ0n) is 22.1. The zero-order chi connectivity index (χ0) is 26.9. The van der Waals surface area contributed by atoms with Crippen LogP contribution in [-0.4, -0.2) is 53.2 Å². The standard InChI is InChI=1S/C31H34F2N2O2S/c1-31(2,3)28-12-11-24(30(33)34-28)26-19-38-27-17-21(36)7-10-25(27)29(26)20-5-8-22(9-6-20)37-23-13-16-35(18-23)15-4-14-32/h5-12,17,23,36H,4,13-16,18-19H2,1-3H3/t23-/m0/s1. The predicted octanol–water partition coefficient (Wildman–Crippen LogP) is 7.10. The minimum atomic E-state index is -0.466. The van der Waals surface area contributed by atoms with Gasteiger partial charge in [-0.3, -0.25) is 9.29 Å². The second-order valence-corrected chi connectivity index (χ2v) is 12.0. The topological polar surface area (TPSA) is 45.6 Å². The summed E-state index contributed by atoms with van der Waals surface area (Å²) >= 11 is 1.59. The largest absolute Gasteiger partial charge is 0.508 e. The fraction of sp³-hybridized carbons (Fsp3) is 0.387. The molecule has 1 atom stereocenters. The summed E-state index contributed by atoms with van der Waals surface area (Å²) in [6, 6.07) is 17.0. The Kier molecular flexibility index (Phi) is 7.78. The van der Waals surface area contributed by atoms with Gasteiger partial charge in [0.25, 0.3) is 0 Å². The number of thioether (sulfide) groups is 1. The van der Waals surface area contributed by atoms with Gasteiger partial charge in [-0.05, 0) is 77.6 Å². The molecule has 4 nitrogen and oxygen atoms in total. The quantitative estimate of drug-likeness (QED) is 0.326. The zero-order valence-corrected chi connectivity index (χ0v) is 23.0. The highest BCUT2D eigenvalue weighted by atomic mass is 32.2. The Hall–Kier alpha value is -2.90. The van der Waals surface area contributed by atoms with E-state index in [0.29, 0.717) is 23.4 Å². The molecule has 0 unspecified atom stereocenters. The van der Waals surface area contributed by atoms with E-state index in [1.54, 1.807) is 23.9 Å². The summed E-state index contributed by atoms with van der Waals surface area (Å²) in [6.45, 7) is 8.28. The first-order chi connectivity index (χ1) is 18.2. The van der Waals surface area contributed by atoms with Crippen LogP contribution in [0.4, 0.5) is 8.78 Å². The van der Waals surface area contributed by atoms with Gasteiger partial charge in [-0.25, -0.2) is 4.98 Å². The lowest BCUT2D eigenvalue weighted by Crippen LogP contribution is -2.26. The summed E-state index contributed by atoms with van der Waals surface area (Å²) in [5.41, 5.74) is 4.70. The number of nitrogens with zero attached hydrogens (tertiary/aromatic N) is 2. The van der Waals surface area contributed by atoms with Gasteiger partial charge in [-0.15, -0.1) is 11.8 Å². The van der Waals surface area contributed by atoms with Crippen LogP contribution in [0.15, 0.2) is 59.5 Å². The third-order valence-corrected chi connectivity index (χ3v) is 8.22. The second-order valence-electron chi connectivity index (χ2n) is 11.0. The van der Waals surface area contributed by atoms with Crippen molar-refractivity contribution in [1.29, 1.82) is 0 Å². The number of alkyl halides is 1. The summed E-state index contributed by atoms with van der Waals surface area (Å²) in [5.74, 6) is 1.09. The van der Waals surface area contributed by atoms with Gasteiger partial charge in [-0.1, -0.05) is 32.9 Å². The highest BCUT2D eigenvalue weighted by molar-refractivity contribution is 7.99. The molecule has 0 saturated carbocycles. The minimum absolute atomic E-state index is 0.0894. The van der Waals surface area contributed by atoms with Crippen molar-refractivity contribution in [2.45, 2.75) is 50.0 Å². The van der Waals surface area contributed by atoms with E-state index in [4.69, 9.17) is 4.74 Å². The van der Waals surface area contributed by atoms with Crippen molar-refractivity contribution in [2.24, 2.45) is 0 Å². The Morgan fingerprint density at radius 1 is 1.08 bits per heavy atom. The lowest BCUT2D eigenvalue weighted by Gasteiger charge is -2.25. The van der Waals surface area contributed by atoms with Crippen LogP contribution in [-0.2, 0) is 5.41 Å². The number of rotatable bonds is 7. The molecule has 5 rings (SSSR count). The van der Waals surface area contributed by atoms with Gasteiger partial charge >= 0.3 is 0 Å². The molecular weight excluding hydrogens is 502 g/mol. The summed E-state index contributed by atoms with van der Waals surface area (Å²) in [5, 5.41) is 10.1. The van der Waals surface area contributed by atoms with E-state index < -0.39 is 5.95 Å². The maximum absolute atomic E-state index is 15.5. The fourth-order valence-corrected chi connectivity index (χ4v) is 6.24. The van der Waals surface area contributed by atoms with E-state index in [1.807, 2.05) is 63.2 Å². The van der Waals surface area contributed by atoms with Gasteiger partial charge in [0, 0.05) is 47.0 Å². The van der Waals surface area contributed by atoms with Crippen LogP contribution in [0, 0.1) is 5.95 Å². The third-order valence-electron chi connectivity index (χ3n) is 7.13. The Labute approximate surface area is 227 Å². The number of ether oxygens (including phenoxy) is 1. The predicted molar refractivity (Wildman–Crippen MR) is 150 cm³/mol. The molecule has 3 heterocycles.